The van der Waals surface area contributed by atoms with E-state index in [0.29, 0.717) is 11.1 Å². The molecule has 0 amide bonds. The predicted molar refractivity (Wildman–Crippen MR) is 103 cm³/mol. The second kappa shape index (κ2) is 9.55. The quantitative estimate of drug-likeness (QED) is 0.415. The molecule has 2 aromatic rings. The second-order valence-electron chi connectivity index (χ2n) is 6.23. The van der Waals surface area contributed by atoms with Gasteiger partial charge in [0.15, 0.2) is 5.72 Å². The topological polar surface area (TPSA) is 82.4 Å². The van der Waals surface area contributed by atoms with Crippen LogP contribution in [-0.2, 0) is 27.9 Å². The van der Waals surface area contributed by atoms with Crippen molar-refractivity contribution in [2.24, 2.45) is 5.92 Å². The number of aliphatic hydroxyl groups is 1. The average Bonchev–Trinajstić information content (AvgIpc) is 2.69. The zero-order valence-electron chi connectivity index (χ0n) is 15.8. The summed E-state index contributed by atoms with van der Waals surface area (Å²) in [5.41, 5.74) is -0.380. The SMILES string of the molecule is CCOC(=O)C1C(c2ccccc2)C(C#N)=C([S-])NC1(O)c1ccccc1.[Na+]. The van der Waals surface area contributed by atoms with Gasteiger partial charge in [0.2, 0.25) is 0 Å². The van der Waals surface area contributed by atoms with Gasteiger partial charge < -0.3 is 27.8 Å². The van der Waals surface area contributed by atoms with Gasteiger partial charge in [0.05, 0.1) is 12.7 Å². The molecular formula is C21H19N2NaO3S. The number of allylic oxidation sites excluding steroid dienone is 1. The monoisotopic (exact) mass is 402 g/mol. The van der Waals surface area contributed by atoms with Crippen molar-refractivity contribution in [2.45, 2.75) is 18.6 Å². The fourth-order valence-electron chi connectivity index (χ4n) is 3.49. The van der Waals surface area contributed by atoms with Crippen LogP contribution in [0.2, 0.25) is 0 Å². The molecule has 0 fully saturated rings. The molecule has 1 aliphatic heterocycles. The number of hydrogen-bond acceptors (Lipinski definition) is 6. The molecule has 0 saturated carbocycles. The van der Waals surface area contributed by atoms with Crippen molar-refractivity contribution in [3.8, 4) is 6.07 Å². The maximum atomic E-state index is 13.0. The number of esters is 1. The van der Waals surface area contributed by atoms with Crippen molar-refractivity contribution >= 4 is 18.6 Å². The number of carbonyl (C=O) groups is 1. The third-order valence-electron chi connectivity index (χ3n) is 4.68. The molecule has 2 aromatic carbocycles. The van der Waals surface area contributed by atoms with Gasteiger partial charge in [-0.3, -0.25) is 4.79 Å². The molecule has 138 valence electrons. The Morgan fingerprint density at radius 3 is 2.32 bits per heavy atom. The summed E-state index contributed by atoms with van der Waals surface area (Å²) in [6.45, 7) is 1.86. The van der Waals surface area contributed by atoms with E-state index in [1.807, 2.05) is 36.4 Å². The van der Waals surface area contributed by atoms with Crippen LogP contribution in [0.25, 0.3) is 0 Å². The number of carbonyl (C=O) groups excluding carboxylic acids is 1. The molecule has 5 nitrogen and oxygen atoms in total. The van der Waals surface area contributed by atoms with Crippen LogP contribution in [0.5, 0.6) is 0 Å². The van der Waals surface area contributed by atoms with Crippen molar-refractivity contribution < 1.29 is 44.2 Å². The first kappa shape index (κ1) is 22.4. The van der Waals surface area contributed by atoms with E-state index in [9.17, 15) is 15.2 Å². The molecule has 28 heavy (non-hydrogen) atoms. The van der Waals surface area contributed by atoms with Crippen LogP contribution in [0.3, 0.4) is 0 Å². The van der Waals surface area contributed by atoms with Crippen molar-refractivity contribution in [1.29, 1.82) is 5.26 Å². The van der Waals surface area contributed by atoms with Crippen molar-refractivity contribution in [3.05, 3.63) is 82.4 Å². The minimum Gasteiger partial charge on any atom is -0.762 e. The first-order valence-corrected chi connectivity index (χ1v) is 9.02. The Bertz CT molecular complexity index is 899. The Hall–Kier alpha value is -1.88. The predicted octanol–water partition coefficient (Wildman–Crippen LogP) is -0.316. The second-order valence-corrected chi connectivity index (χ2v) is 6.64. The summed E-state index contributed by atoms with van der Waals surface area (Å²) in [4.78, 5) is 13.0. The van der Waals surface area contributed by atoms with E-state index in [-0.39, 0.29) is 46.8 Å². The van der Waals surface area contributed by atoms with E-state index in [1.165, 1.54) is 0 Å². The van der Waals surface area contributed by atoms with Crippen LogP contribution in [0.1, 0.15) is 24.0 Å². The first-order chi connectivity index (χ1) is 13.0. The summed E-state index contributed by atoms with van der Waals surface area (Å²) in [5.74, 6) is -2.40. The summed E-state index contributed by atoms with van der Waals surface area (Å²) in [6, 6.07) is 20.0. The van der Waals surface area contributed by atoms with E-state index in [2.05, 4.69) is 11.4 Å². The number of nitriles is 1. The third-order valence-corrected chi connectivity index (χ3v) is 5.00. The summed E-state index contributed by atoms with van der Waals surface area (Å²) in [7, 11) is 0. The number of nitrogens with one attached hydrogen (secondary N) is 1. The molecule has 2 N–H and O–H groups in total. The number of rotatable bonds is 4. The van der Waals surface area contributed by atoms with Gasteiger partial charge in [-0.05, 0) is 12.5 Å². The van der Waals surface area contributed by atoms with Gasteiger partial charge in [0.25, 0.3) is 0 Å². The van der Waals surface area contributed by atoms with Gasteiger partial charge in [0, 0.05) is 17.1 Å². The number of benzene rings is 2. The number of nitrogens with zero attached hydrogens (tertiary/aromatic N) is 1. The number of ether oxygens (including phenoxy) is 1. The van der Waals surface area contributed by atoms with Gasteiger partial charge in [0.1, 0.15) is 5.92 Å². The Morgan fingerprint density at radius 1 is 1.21 bits per heavy atom. The van der Waals surface area contributed by atoms with Crippen LogP contribution >= 0.6 is 0 Å². The van der Waals surface area contributed by atoms with E-state index >= 15 is 0 Å². The molecule has 0 aliphatic carbocycles. The van der Waals surface area contributed by atoms with Crippen molar-refractivity contribution in [2.75, 3.05) is 6.61 Å². The molecular weight excluding hydrogens is 383 g/mol. The fraction of sp³-hybridized carbons (Fsp3) is 0.238. The van der Waals surface area contributed by atoms with E-state index in [0.717, 1.165) is 0 Å². The largest absolute Gasteiger partial charge is 1.00 e. The summed E-state index contributed by atoms with van der Waals surface area (Å²) < 4.78 is 5.27. The summed E-state index contributed by atoms with van der Waals surface area (Å²) in [5, 5.41) is 24.3. The molecule has 0 bridgehead atoms. The number of hydrogen-bond donors (Lipinski definition) is 2. The molecule has 1 heterocycles. The Labute approximate surface area is 192 Å². The van der Waals surface area contributed by atoms with Crippen LogP contribution in [0.4, 0.5) is 0 Å². The Balaban J connectivity index is 0.00000280. The maximum absolute atomic E-state index is 13.0. The Kier molecular flexibility index (Phi) is 7.64. The van der Waals surface area contributed by atoms with E-state index in [1.54, 1.807) is 31.2 Å². The van der Waals surface area contributed by atoms with Gasteiger partial charge in [-0.1, -0.05) is 65.7 Å². The van der Waals surface area contributed by atoms with Gasteiger partial charge in [-0.25, -0.2) is 0 Å². The zero-order valence-corrected chi connectivity index (χ0v) is 18.6. The van der Waals surface area contributed by atoms with Gasteiger partial charge >= 0.3 is 35.5 Å². The molecule has 0 aromatic heterocycles. The molecule has 0 saturated heterocycles. The molecule has 1 aliphatic rings. The van der Waals surface area contributed by atoms with Crippen LogP contribution in [-0.4, -0.2) is 17.7 Å². The minimum absolute atomic E-state index is 0. The smallest absolute Gasteiger partial charge is 0.762 e. The van der Waals surface area contributed by atoms with E-state index < -0.39 is 23.5 Å². The minimum atomic E-state index is -1.80. The third kappa shape index (κ3) is 4.09. The molecule has 3 unspecified atom stereocenters. The van der Waals surface area contributed by atoms with Gasteiger partial charge in [-0.15, -0.1) is 0 Å². The van der Waals surface area contributed by atoms with E-state index in [4.69, 9.17) is 17.4 Å². The maximum Gasteiger partial charge on any atom is 1.00 e. The van der Waals surface area contributed by atoms with Gasteiger partial charge in [-0.2, -0.15) is 5.26 Å². The van der Waals surface area contributed by atoms with Crippen molar-refractivity contribution in [1.82, 2.24) is 5.32 Å². The molecule has 7 heteroatoms. The fourth-order valence-corrected chi connectivity index (χ4v) is 3.82. The average molecular weight is 402 g/mol. The summed E-state index contributed by atoms with van der Waals surface area (Å²) >= 11 is 5.37. The zero-order chi connectivity index (χ0) is 19.4. The summed E-state index contributed by atoms with van der Waals surface area (Å²) in [6.07, 6.45) is 0. The first-order valence-electron chi connectivity index (χ1n) is 8.61. The Morgan fingerprint density at radius 2 is 1.79 bits per heavy atom. The van der Waals surface area contributed by atoms with Crippen LogP contribution in [0, 0.1) is 17.2 Å². The standard InChI is InChI=1S/C21H20N2O3S.Na/c1-2-26-20(24)18-17(14-9-5-3-6-10-14)16(13-22)19(27)23-21(18,25)15-11-7-4-8-12-15;/h3-12,17-18,23,25,27H,2H2,1H3;/q;+1/p-1. The van der Waals surface area contributed by atoms with Crippen molar-refractivity contribution in [3.63, 3.8) is 0 Å². The normalized spacial score (nSPS) is 23.8. The molecule has 0 spiro atoms. The van der Waals surface area contributed by atoms with Crippen LogP contribution in [0.15, 0.2) is 71.3 Å². The molecule has 3 atom stereocenters. The van der Waals surface area contributed by atoms with Crippen LogP contribution < -0.4 is 34.9 Å². The molecule has 3 rings (SSSR count). The molecule has 0 radical (unpaired) electrons.